The van der Waals surface area contributed by atoms with E-state index >= 15 is 0 Å². The molecule has 0 saturated heterocycles. The Balaban J connectivity index is 1.27. The molecule has 0 unspecified atom stereocenters. The summed E-state index contributed by atoms with van der Waals surface area (Å²) in [5.74, 6) is 0.706. The zero-order valence-electron chi connectivity index (χ0n) is 25.7. The Hall–Kier alpha value is -6.10. The Labute approximate surface area is 280 Å². The first-order valence-electron chi connectivity index (χ1n) is 16.1. The fraction of sp³-hybridized carbons (Fsp3) is 0. The molecule has 0 N–H and O–H groups in total. The summed E-state index contributed by atoms with van der Waals surface area (Å²) in [4.78, 5) is 10.8. The Morgan fingerprint density at radius 2 is 1.04 bits per heavy atom. The van der Waals surface area contributed by atoms with Gasteiger partial charge in [-0.1, -0.05) is 140 Å². The number of hydrogen-bond acceptors (Lipinski definition) is 4. The Kier molecular flexibility index (Phi) is 6.05. The number of rotatable bonds is 4. The van der Waals surface area contributed by atoms with Crippen molar-refractivity contribution in [1.82, 2.24) is 9.97 Å². The van der Waals surface area contributed by atoms with Gasteiger partial charge in [0.25, 0.3) is 0 Å². The summed E-state index contributed by atoms with van der Waals surface area (Å²) < 4.78 is 9.06. The van der Waals surface area contributed by atoms with Crippen LogP contribution in [0.25, 0.3) is 97.9 Å². The van der Waals surface area contributed by atoms with Crippen LogP contribution in [-0.4, -0.2) is 9.97 Å². The zero-order valence-corrected chi connectivity index (χ0v) is 26.5. The average molecular weight is 631 g/mol. The molecule has 3 aromatic heterocycles. The molecule has 0 aliphatic heterocycles. The first-order valence-corrected chi connectivity index (χ1v) is 16.9. The molecule has 224 valence electrons. The molecular weight excluding hydrogens is 605 g/mol. The Morgan fingerprint density at radius 3 is 1.88 bits per heavy atom. The molecule has 7 aromatic carbocycles. The van der Waals surface area contributed by atoms with Gasteiger partial charge in [0.1, 0.15) is 11.2 Å². The third-order valence-electron chi connectivity index (χ3n) is 9.29. The van der Waals surface area contributed by atoms with E-state index in [2.05, 4.69) is 152 Å². The smallest absolute Gasteiger partial charge is 0.161 e. The molecule has 0 atom stereocenters. The van der Waals surface area contributed by atoms with Crippen LogP contribution in [0.4, 0.5) is 0 Å². The van der Waals surface area contributed by atoms with Crippen LogP contribution in [0.2, 0.25) is 0 Å². The second kappa shape index (κ2) is 10.7. The number of fused-ring (bicyclic) bond motifs is 8. The molecule has 0 radical (unpaired) electrons. The van der Waals surface area contributed by atoms with E-state index in [1.165, 1.54) is 10.3 Å². The highest BCUT2D eigenvalue weighted by Gasteiger charge is 2.21. The highest BCUT2D eigenvalue weighted by molar-refractivity contribution is 7.26. The van der Waals surface area contributed by atoms with Gasteiger partial charge in [0.15, 0.2) is 5.82 Å². The number of nitrogens with zero attached hydrogens (tertiary/aromatic N) is 2. The van der Waals surface area contributed by atoms with Crippen LogP contribution in [-0.2, 0) is 0 Å². The van der Waals surface area contributed by atoms with Gasteiger partial charge in [-0.2, -0.15) is 0 Å². The van der Waals surface area contributed by atoms with E-state index in [0.717, 1.165) is 81.8 Å². The molecule has 0 aliphatic carbocycles. The summed E-state index contributed by atoms with van der Waals surface area (Å²) in [7, 11) is 0. The molecule has 0 fully saturated rings. The van der Waals surface area contributed by atoms with Crippen molar-refractivity contribution >= 4 is 64.4 Å². The molecule has 0 spiro atoms. The lowest BCUT2D eigenvalue weighted by Gasteiger charge is -2.11. The van der Waals surface area contributed by atoms with E-state index in [-0.39, 0.29) is 0 Å². The lowest BCUT2D eigenvalue weighted by atomic mass is 9.98. The van der Waals surface area contributed by atoms with Crippen molar-refractivity contribution in [1.29, 1.82) is 0 Å². The zero-order chi connectivity index (χ0) is 31.6. The van der Waals surface area contributed by atoms with Crippen molar-refractivity contribution in [3.8, 4) is 44.9 Å². The lowest BCUT2D eigenvalue weighted by molar-refractivity contribution is 0.674. The summed E-state index contributed by atoms with van der Waals surface area (Å²) in [6.07, 6.45) is 0. The van der Waals surface area contributed by atoms with Crippen molar-refractivity contribution in [2.45, 2.75) is 0 Å². The number of furan rings is 1. The van der Waals surface area contributed by atoms with Crippen LogP contribution in [0.5, 0.6) is 0 Å². The van der Waals surface area contributed by atoms with E-state index < -0.39 is 0 Å². The predicted octanol–water partition coefficient (Wildman–Crippen LogP) is 12.6. The topological polar surface area (TPSA) is 38.9 Å². The number of aromatic nitrogens is 2. The largest absolute Gasteiger partial charge is 0.455 e. The van der Waals surface area contributed by atoms with Gasteiger partial charge < -0.3 is 4.42 Å². The Morgan fingerprint density at radius 1 is 0.417 bits per heavy atom. The van der Waals surface area contributed by atoms with Gasteiger partial charge in [0.05, 0.1) is 15.9 Å². The van der Waals surface area contributed by atoms with Crippen molar-refractivity contribution < 1.29 is 4.42 Å². The standard InChI is InChI=1S/C44H26N2OS/c1-3-13-27(14-4-1)29-17-11-18-30(25-29)39-43-40(35-21-9-10-24-38(35)48-43)46-44(45-39)37-26-36-34-23-12-22-31(28-15-5-2-6-16-28)41(34)47-42(36)33-20-8-7-19-32(33)37/h1-26H. The number of thiophene rings is 1. The fourth-order valence-electron chi connectivity index (χ4n) is 7.03. The van der Waals surface area contributed by atoms with Gasteiger partial charge in [0.2, 0.25) is 0 Å². The van der Waals surface area contributed by atoms with Crippen LogP contribution in [0.1, 0.15) is 0 Å². The summed E-state index contributed by atoms with van der Waals surface area (Å²) in [5.41, 5.74) is 10.3. The summed E-state index contributed by atoms with van der Waals surface area (Å²) in [5, 5.41) is 5.40. The predicted molar refractivity (Wildman–Crippen MR) is 201 cm³/mol. The van der Waals surface area contributed by atoms with Crippen LogP contribution in [0, 0.1) is 0 Å². The third kappa shape index (κ3) is 4.20. The first kappa shape index (κ1) is 27.1. The molecule has 3 nitrogen and oxygen atoms in total. The van der Waals surface area contributed by atoms with Crippen molar-refractivity contribution in [3.63, 3.8) is 0 Å². The van der Waals surface area contributed by atoms with Gasteiger partial charge in [-0.15, -0.1) is 11.3 Å². The highest BCUT2D eigenvalue weighted by atomic mass is 32.1. The van der Waals surface area contributed by atoms with Crippen LogP contribution >= 0.6 is 11.3 Å². The van der Waals surface area contributed by atoms with E-state index in [9.17, 15) is 0 Å². The van der Waals surface area contributed by atoms with Crippen molar-refractivity contribution in [3.05, 3.63) is 158 Å². The van der Waals surface area contributed by atoms with Crippen molar-refractivity contribution in [2.75, 3.05) is 0 Å². The molecule has 4 heteroatoms. The quantitative estimate of drug-likeness (QED) is 0.194. The van der Waals surface area contributed by atoms with Gasteiger partial charge in [-0.25, -0.2) is 9.97 Å². The van der Waals surface area contributed by atoms with E-state index in [1.807, 2.05) is 6.07 Å². The number of para-hydroxylation sites is 1. The van der Waals surface area contributed by atoms with Gasteiger partial charge >= 0.3 is 0 Å². The second-order valence-electron chi connectivity index (χ2n) is 12.1. The molecular formula is C44H26N2OS. The number of hydrogen-bond donors (Lipinski definition) is 0. The third-order valence-corrected chi connectivity index (χ3v) is 10.5. The summed E-state index contributed by atoms with van der Waals surface area (Å²) >= 11 is 1.76. The highest BCUT2D eigenvalue weighted by Crippen LogP contribution is 2.44. The molecule has 0 aliphatic rings. The Bertz CT molecular complexity index is 2830. The normalized spacial score (nSPS) is 11.8. The molecule has 10 rings (SSSR count). The molecule has 0 saturated carbocycles. The monoisotopic (exact) mass is 630 g/mol. The van der Waals surface area contributed by atoms with Crippen molar-refractivity contribution in [2.24, 2.45) is 0 Å². The maximum atomic E-state index is 6.77. The maximum Gasteiger partial charge on any atom is 0.161 e. The van der Waals surface area contributed by atoms with E-state index in [4.69, 9.17) is 14.4 Å². The van der Waals surface area contributed by atoms with Crippen LogP contribution in [0.3, 0.4) is 0 Å². The van der Waals surface area contributed by atoms with Gasteiger partial charge in [0, 0.05) is 42.9 Å². The minimum atomic E-state index is 0.706. The molecule has 10 aromatic rings. The second-order valence-corrected chi connectivity index (χ2v) is 13.2. The molecule has 3 heterocycles. The minimum absolute atomic E-state index is 0.706. The summed E-state index contributed by atoms with van der Waals surface area (Å²) in [6.45, 7) is 0. The first-order chi connectivity index (χ1) is 23.8. The van der Waals surface area contributed by atoms with E-state index in [1.54, 1.807) is 11.3 Å². The number of benzene rings is 7. The minimum Gasteiger partial charge on any atom is -0.455 e. The van der Waals surface area contributed by atoms with E-state index in [0.29, 0.717) is 5.82 Å². The molecule has 48 heavy (non-hydrogen) atoms. The fourth-order valence-corrected chi connectivity index (χ4v) is 8.19. The summed E-state index contributed by atoms with van der Waals surface area (Å²) in [6, 6.07) is 55.3. The lowest BCUT2D eigenvalue weighted by Crippen LogP contribution is -1.95. The van der Waals surface area contributed by atoms with Gasteiger partial charge in [-0.3, -0.25) is 0 Å². The maximum absolute atomic E-state index is 6.77. The van der Waals surface area contributed by atoms with Crippen LogP contribution in [0.15, 0.2) is 162 Å². The van der Waals surface area contributed by atoms with Gasteiger partial charge in [-0.05, 0) is 40.3 Å². The van der Waals surface area contributed by atoms with Crippen LogP contribution < -0.4 is 0 Å². The average Bonchev–Trinajstić information content (AvgIpc) is 3.74. The SMILES string of the molecule is c1ccc(-c2cccc(-c3nc(-c4cc5c6cccc(-c7ccccc7)c6oc5c5ccccc45)nc4c3sc3ccccc34)c2)cc1. The molecule has 0 bridgehead atoms. The molecule has 0 amide bonds.